The molecule has 2 aromatic rings. The molecule has 0 saturated heterocycles. The number of benzene rings is 2. The molecule has 2 N–H and O–H groups in total. The van der Waals surface area contributed by atoms with Crippen molar-refractivity contribution in [2.75, 3.05) is 11.5 Å². The van der Waals surface area contributed by atoms with E-state index in [9.17, 15) is 23.6 Å². The zero-order chi connectivity index (χ0) is 25.8. The highest BCUT2D eigenvalue weighted by molar-refractivity contribution is 6.30. The van der Waals surface area contributed by atoms with Gasteiger partial charge in [0.1, 0.15) is 22.6 Å². The summed E-state index contributed by atoms with van der Waals surface area (Å²) in [4.78, 5) is 54.8. The number of halogens is 1. The van der Waals surface area contributed by atoms with Crippen LogP contribution in [0.5, 0.6) is 0 Å². The Morgan fingerprint density at radius 1 is 1.14 bits per heavy atom. The van der Waals surface area contributed by atoms with E-state index in [1.165, 1.54) is 19.1 Å². The second kappa shape index (κ2) is 8.44. The summed E-state index contributed by atoms with van der Waals surface area (Å²) < 4.78 is 24.6. The molecule has 2 amide bonds. The van der Waals surface area contributed by atoms with Crippen LogP contribution in [-0.4, -0.2) is 30.2 Å². The van der Waals surface area contributed by atoms with E-state index in [1.54, 1.807) is 43.3 Å². The van der Waals surface area contributed by atoms with E-state index in [1.807, 2.05) is 0 Å². The minimum absolute atomic E-state index is 0.00948. The van der Waals surface area contributed by atoms with Gasteiger partial charge in [0.25, 0.3) is 5.91 Å². The first-order valence-electron chi connectivity index (χ1n) is 11.5. The van der Waals surface area contributed by atoms with Gasteiger partial charge >= 0.3 is 5.97 Å². The van der Waals surface area contributed by atoms with Gasteiger partial charge in [0.05, 0.1) is 17.9 Å². The molecule has 36 heavy (non-hydrogen) atoms. The normalized spacial score (nSPS) is 23.0. The standard InChI is InChI=1S/C27H23FN2O6/c1-3-35-25(33)23-24(29)36-21-13-16(15-8-10-17(28)11-9-15)12-20(32)22(21)27(23)18-6-4-5-7-19(18)30(14(2)31)26(27)34/h4-11,16H,3,12-13,29H2,1-2H3/t16-,27-/m0/s1. The first-order chi connectivity index (χ1) is 17.2. The van der Waals surface area contributed by atoms with Crippen LogP contribution in [0.25, 0.3) is 0 Å². The van der Waals surface area contributed by atoms with Crippen molar-refractivity contribution >= 4 is 29.3 Å². The number of carbonyl (C=O) groups excluding carboxylic acids is 4. The molecule has 1 aliphatic carbocycles. The number of carbonyl (C=O) groups is 4. The molecule has 0 unspecified atom stereocenters. The molecular weight excluding hydrogens is 467 g/mol. The van der Waals surface area contributed by atoms with Crippen LogP contribution in [-0.2, 0) is 34.1 Å². The Bertz CT molecular complexity index is 1390. The largest absolute Gasteiger partial charge is 0.462 e. The lowest BCUT2D eigenvalue weighted by atomic mass is 9.63. The van der Waals surface area contributed by atoms with Gasteiger partial charge in [0.15, 0.2) is 5.78 Å². The molecule has 0 aromatic heterocycles. The summed E-state index contributed by atoms with van der Waals surface area (Å²) >= 11 is 0. The Morgan fingerprint density at radius 3 is 2.50 bits per heavy atom. The molecule has 1 spiro atoms. The van der Waals surface area contributed by atoms with Crippen molar-refractivity contribution in [2.45, 2.75) is 38.0 Å². The number of allylic oxidation sites excluding steroid dienone is 1. The maximum absolute atomic E-state index is 14.2. The topological polar surface area (TPSA) is 116 Å². The van der Waals surface area contributed by atoms with E-state index >= 15 is 0 Å². The lowest BCUT2D eigenvalue weighted by Crippen LogP contribution is -2.52. The van der Waals surface area contributed by atoms with Crippen LogP contribution in [0, 0.1) is 5.82 Å². The first-order valence-corrected chi connectivity index (χ1v) is 11.5. The van der Waals surface area contributed by atoms with Gasteiger partial charge in [-0.2, -0.15) is 0 Å². The molecule has 184 valence electrons. The van der Waals surface area contributed by atoms with Crippen LogP contribution in [0.4, 0.5) is 10.1 Å². The van der Waals surface area contributed by atoms with Crippen LogP contribution in [0.2, 0.25) is 0 Å². The smallest absolute Gasteiger partial charge is 0.341 e. The molecule has 3 aliphatic rings. The van der Waals surface area contributed by atoms with Gasteiger partial charge in [-0.15, -0.1) is 0 Å². The van der Waals surface area contributed by atoms with E-state index in [0.717, 1.165) is 10.5 Å². The number of esters is 1. The maximum Gasteiger partial charge on any atom is 0.341 e. The van der Waals surface area contributed by atoms with Crippen molar-refractivity contribution in [2.24, 2.45) is 5.73 Å². The number of Topliss-reactive ketones (excluding diaryl/α,β-unsaturated/α-hetero) is 1. The first kappa shape index (κ1) is 23.5. The summed E-state index contributed by atoms with van der Waals surface area (Å²) in [6.45, 7) is 2.82. The Hall–Kier alpha value is -4.27. The molecule has 8 nitrogen and oxygen atoms in total. The molecule has 0 radical (unpaired) electrons. The van der Waals surface area contributed by atoms with Gasteiger partial charge in [-0.05, 0) is 36.6 Å². The highest BCUT2D eigenvalue weighted by Gasteiger charge is 2.65. The molecule has 2 aliphatic heterocycles. The number of nitrogens with two attached hydrogens (primary N) is 1. The monoisotopic (exact) mass is 490 g/mol. The van der Waals surface area contributed by atoms with E-state index in [4.69, 9.17) is 15.2 Å². The predicted molar refractivity (Wildman–Crippen MR) is 126 cm³/mol. The van der Waals surface area contributed by atoms with Crippen molar-refractivity contribution in [3.63, 3.8) is 0 Å². The zero-order valence-electron chi connectivity index (χ0n) is 19.7. The Balaban J connectivity index is 1.77. The van der Waals surface area contributed by atoms with Crippen LogP contribution in [0.1, 0.15) is 43.7 Å². The van der Waals surface area contributed by atoms with Gasteiger partial charge < -0.3 is 15.2 Å². The van der Waals surface area contributed by atoms with E-state index in [0.29, 0.717) is 0 Å². The van der Waals surface area contributed by atoms with Crippen molar-refractivity contribution < 1.29 is 33.0 Å². The zero-order valence-corrected chi connectivity index (χ0v) is 19.7. The van der Waals surface area contributed by atoms with Gasteiger partial charge in [-0.25, -0.2) is 14.1 Å². The molecule has 0 bridgehead atoms. The Kier molecular flexibility index (Phi) is 5.50. The van der Waals surface area contributed by atoms with Crippen LogP contribution in [0.3, 0.4) is 0 Å². The average Bonchev–Trinajstić information content (AvgIpc) is 3.08. The molecule has 0 saturated carbocycles. The second-order valence-electron chi connectivity index (χ2n) is 8.87. The summed E-state index contributed by atoms with van der Waals surface area (Å²) in [7, 11) is 0. The fourth-order valence-electron chi connectivity index (χ4n) is 5.49. The predicted octanol–water partition coefficient (Wildman–Crippen LogP) is 3.12. The lowest BCUT2D eigenvalue weighted by Gasteiger charge is -2.40. The number of ketones is 1. The lowest BCUT2D eigenvalue weighted by molar-refractivity contribution is -0.141. The minimum atomic E-state index is -1.99. The summed E-state index contributed by atoms with van der Waals surface area (Å²) in [5.41, 5.74) is 5.18. The number of rotatable bonds is 3. The van der Waals surface area contributed by atoms with Gasteiger partial charge in [-0.3, -0.25) is 14.4 Å². The quantitative estimate of drug-likeness (QED) is 0.657. The van der Waals surface area contributed by atoms with Crippen LogP contribution >= 0.6 is 0 Å². The van der Waals surface area contributed by atoms with Crippen molar-refractivity contribution in [1.29, 1.82) is 0 Å². The second-order valence-corrected chi connectivity index (χ2v) is 8.87. The molecule has 0 fully saturated rings. The fraction of sp³-hybridized carbons (Fsp3) is 0.259. The molecule has 2 atom stereocenters. The number of hydrogen-bond acceptors (Lipinski definition) is 7. The number of nitrogens with zero attached hydrogens (tertiary/aromatic N) is 1. The summed E-state index contributed by atoms with van der Waals surface area (Å²) in [6, 6.07) is 12.3. The third-order valence-electron chi connectivity index (χ3n) is 6.86. The third-order valence-corrected chi connectivity index (χ3v) is 6.86. The van der Waals surface area contributed by atoms with Gasteiger partial charge in [-0.1, -0.05) is 30.3 Å². The molecule has 2 heterocycles. The Labute approximate surface area is 206 Å². The van der Waals surface area contributed by atoms with E-state index in [2.05, 4.69) is 0 Å². The van der Waals surface area contributed by atoms with Crippen molar-refractivity contribution in [3.8, 4) is 0 Å². The number of fused-ring (bicyclic) bond motifs is 3. The summed E-state index contributed by atoms with van der Waals surface area (Å²) in [5, 5.41) is 0. The highest BCUT2D eigenvalue weighted by Crippen LogP contribution is 2.57. The number of para-hydroxylation sites is 1. The Morgan fingerprint density at radius 2 is 1.83 bits per heavy atom. The van der Waals surface area contributed by atoms with Crippen LogP contribution in [0.15, 0.2) is 71.3 Å². The summed E-state index contributed by atoms with van der Waals surface area (Å²) in [5.74, 6) is -3.71. The number of hydrogen-bond donors (Lipinski definition) is 1. The van der Waals surface area contributed by atoms with Crippen molar-refractivity contribution in [1.82, 2.24) is 0 Å². The van der Waals surface area contributed by atoms with E-state index < -0.39 is 34.8 Å². The van der Waals surface area contributed by atoms with Crippen molar-refractivity contribution in [3.05, 3.63) is 88.3 Å². The SMILES string of the molecule is CCOC(=O)C1=C(N)OC2=C(C(=O)C[C@H](c3ccc(F)cc3)C2)[C@]12C(=O)N(C(C)=O)c1ccccc12. The van der Waals surface area contributed by atoms with Crippen LogP contribution < -0.4 is 10.6 Å². The maximum atomic E-state index is 14.2. The van der Waals surface area contributed by atoms with Gasteiger partial charge in [0, 0.05) is 25.3 Å². The number of anilines is 1. The highest BCUT2D eigenvalue weighted by atomic mass is 19.1. The molecule has 2 aromatic carbocycles. The molecule has 5 rings (SSSR count). The average molecular weight is 490 g/mol. The fourth-order valence-corrected chi connectivity index (χ4v) is 5.49. The van der Waals surface area contributed by atoms with E-state index in [-0.39, 0.29) is 59.4 Å². The minimum Gasteiger partial charge on any atom is -0.462 e. The summed E-state index contributed by atoms with van der Waals surface area (Å²) in [6.07, 6.45) is 0.169. The number of imide groups is 1. The van der Waals surface area contributed by atoms with Gasteiger partial charge in [0.2, 0.25) is 11.8 Å². The number of amides is 2. The molecule has 9 heteroatoms. The number of ether oxygens (including phenoxy) is 2. The molecular formula is C27H23FN2O6. The third kappa shape index (κ3) is 3.19.